The number of aliphatic carboxylic acids is 1. The third kappa shape index (κ3) is 4.16. The van der Waals surface area contributed by atoms with E-state index < -0.39 is 18.2 Å². The molecule has 3 rings (SSSR count). The maximum Gasteiger partial charge on any atom is 1.00 e. The first-order valence-corrected chi connectivity index (χ1v) is 7.62. The van der Waals surface area contributed by atoms with Gasteiger partial charge in [0, 0.05) is 24.3 Å². The average molecular weight is 340 g/mol. The summed E-state index contributed by atoms with van der Waals surface area (Å²) >= 11 is 0. The molecule has 2 fully saturated rings. The second kappa shape index (κ2) is 8.11. The standard InChI is InChI=1S/C16H18N2O5.Na/c19-14-2-1-9-18(14)11-5-3-10(4-6-11)17-15(20)12-7-8-13(23-12)16(21)22;/h3-6,12-13H,1-2,7-9H2,(H,17,20)(H,21,22);/q;+1/p-1. The number of rotatable bonds is 4. The number of carboxylic acids is 1. The molecule has 122 valence electrons. The number of anilines is 2. The summed E-state index contributed by atoms with van der Waals surface area (Å²) in [6.45, 7) is 0.713. The maximum atomic E-state index is 12.1. The van der Waals surface area contributed by atoms with Crippen molar-refractivity contribution in [1.82, 2.24) is 0 Å². The van der Waals surface area contributed by atoms with Gasteiger partial charge in [0.25, 0.3) is 5.91 Å². The molecule has 0 aliphatic carbocycles. The van der Waals surface area contributed by atoms with Crippen LogP contribution in [0.2, 0.25) is 0 Å². The molecular weight excluding hydrogens is 323 g/mol. The number of hydrogen-bond acceptors (Lipinski definition) is 5. The fourth-order valence-electron chi connectivity index (χ4n) is 2.87. The first-order valence-electron chi connectivity index (χ1n) is 7.62. The summed E-state index contributed by atoms with van der Waals surface area (Å²) in [4.78, 5) is 36.2. The number of carboxylic acid groups (broad SMARTS) is 1. The number of carbonyl (C=O) groups excluding carboxylic acids is 3. The Morgan fingerprint density at radius 1 is 1.17 bits per heavy atom. The molecule has 2 unspecified atom stereocenters. The Hall–Kier alpha value is -1.41. The normalized spacial score (nSPS) is 23.0. The van der Waals surface area contributed by atoms with Gasteiger partial charge in [-0.2, -0.15) is 0 Å². The second-order valence-electron chi connectivity index (χ2n) is 5.69. The molecule has 1 aromatic rings. The molecule has 2 heterocycles. The smallest absolute Gasteiger partial charge is 0.547 e. The van der Waals surface area contributed by atoms with E-state index in [1.165, 1.54) is 0 Å². The molecule has 1 aromatic carbocycles. The Bertz CT molecular complexity index is 634. The van der Waals surface area contributed by atoms with E-state index in [4.69, 9.17) is 4.74 Å². The van der Waals surface area contributed by atoms with E-state index >= 15 is 0 Å². The Kier molecular flexibility index (Phi) is 6.40. The summed E-state index contributed by atoms with van der Waals surface area (Å²) in [6.07, 6.45) is 0.251. The third-order valence-electron chi connectivity index (χ3n) is 4.09. The molecule has 2 aliphatic heterocycles. The van der Waals surface area contributed by atoms with Crippen molar-refractivity contribution in [3.05, 3.63) is 24.3 Å². The largest absolute Gasteiger partial charge is 1.00 e. The summed E-state index contributed by atoms with van der Waals surface area (Å²) in [7, 11) is 0. The van der Waals surface area contributed by atoms with Crippen molar-refractivity contribution in [1.29, 1.82) is 0 Å². The first kappa shape index (κ1) is 18.9. The number of carbonyl (C=O) groups is 3. The fourth-order valence-corrected chi connectivity index (χ4v) is 2.87. The number of nitrogens with zero attached hydrogens (tertiary/aromatic N) is 1. The van der Waals surface area contributed by atoms with Crippen molar-refractivity contribution in [2.45, 2.75) is 37.9 Å². The van der Waals surface area contributed by atoms with Crippen LogP contribution in [0.3, 0.4) is 0 Å². The van der Waals surface area contributed by atoms with Gasteiger partial charge in [-0.25, -0.2) is 0 Å². The van der Waals surface area contributed by atoms with E-state index in [0.29, 0.717) is 25.1 Å². The molecule has 1 N–H and O–H groups in total. The van der Waals surface area contributed by atoms with Crippen LogP contribution < -0.4 is 44.9 Å². The SMILES string of the molecule is O=C([O-])C1CCC(C(=O)Nc2ccc(N3CCCC3=O)cc2)O1.[Na+]. The Morgan fingerprint density at radius 2 is 1.83 bits per heavy atom. The van der Waals surface area contributed by atoms with E-state index in [2.05, 4.69) is 5.32 Å². The topological polar surface area (TPSA) is 98.8 Å². The van der Waals surface area contributed by atoms with Crippen LogP contribution >= 0.6 is 0 Å². The summed E-state index contributed by atoms with van der Waals surface area (Å²) in [5.74, 6) is -1.56. The molecule has 7 nitrogen and oxygen atoms in total. The summed E-state index contributed by atoms with van der Waals surface area (Å²) < 4.78 is 5.15. The van der Waals surface area contributed by atoms with Gasteiger partial charge in [-0.15, -0.1) is 0 Å². The zero-order valence-corrected chi connectivity index (χ0v) is 15.5. The summed E-state index contributed by atoms with van der Waals surface area (Å²) in [5, 5.41) is 13.4. The van der Waals surface area contributed by atoms with E-state index in [1.54, 1.807) is 29.2 Å². The zero-order chi connectivity index (χ0) is 16.4. The molecule has 2 atom stereocenters. The van der Waals surface area contributed by atoms with Gasteiger partial charge in [0.05, 0.1) is 12.1 Å². The molecule has 0 aromatic heterocycles. The number of ether oxygens (including phenoxy) is 1. The Balaban J connectivity index is 0.00000208. The molecule has 24 heavy (non-hydrogen) atoms. The van der Waals surface area contributed by atoms with Gasteiger partial charge >= 0.3 is 29.6 Å². The van der Waals surface area contributed by atoms with Crippen LogP contribution in [0.25, 0.3) is 0 Å². The van der Waals surface area contributed by atoms with Crippen molar-refractivity contribution >= 4 is 29.2 Å². The van der Waals surface area contributed by atoms with Gasteiger partial charge in [0.2, 0.25) is 5.91 Å². The molecule has 2 amide bonds. The quantitative estimate of drug-likeness (QED) is 0.591. The third-order valence-corrected chi connectivity index (χ3v) is 4.09. The van der Waals surface area contributed by atoms with Gasteiger partial charge in [-0.1, -0.05) is 0 Å². The number of hydrogen-bond donors (Lipinski definition) is 1. The molecule has 0 bridgehead atoms. The van der Waals surface area contributed by atoms with Crippen LogP contribution in [0, 0.1) is 0 Å². The monoisotopic (exact) mass is 340 g/mol. The van der Waals surface area contributed by atoms with Crippen molar-refractivity contribution < 1.29 is 53.8 Å². The van der Waals surface area contributed by atoms with Crippen LogP contribution in [0.5, 0.6) is 0 Å². The molecule has 0 spiro atoms. The van der Waals surface area contributed by atoms with Gasteiger partial charge in [0.15, 0.2) is 0 Å². The first-order chi connectivity index (χ1) is 11.0. The summed E-state index contributed by atoms with van der Waals surface area (Å²) in [6, 6.07) is 6.98. The van der Waals surface area contributed by atoms with Crippen molar-refractivity contribution in [2.24, 2.45) is 0 Å². The van der Waals surface area contributed by atoms with Gasteiger partial charge in [-0.3, -0.25) is 9.59 Å². The maximum absolute atomic E-state index is 12.1. The van der Waals surface area contributed by atoms with Crippen molar-refractivity contribution in [3.63, 3.8) is 0 Å². The Morgan fingerprint density at radius 3 is 2.38 bits per heavy atom. The molecule has 0 saturated carbocycles. The Labute approximate surface area is 161 Å². The van der Waals surface area contributed by atoms with Crippen LogP contribution in [0.15, 0.2) is 24.3 Å². The molecule has 0 radical (unpaired) electrons. The minimum atomic E-state index is -1.29. The molecule has 2 aliphatic rings. The fraction of sp³-hybridized carbons (Fsp3) is 0.438. The predicted molar refractivity (Wildman–Crippen MR) is 79.6 cm³/mol. The van der Waals surface area contributed by atoms with Crippen LogP contribution in [0.4, 0.5) is 11.4 Å². The zero-order valence-electron chi connectivity index (χ0n) is 13.5. The minimum Gasteiger partial charge on any atom is -0.547 e. The van der Waals surface area contributed by atoms with Crippen LogP contribution in [-0.2, 0) is 19.1 Å². The predicted octanol–water partition coefficient (Wildman–Crippen LogP) is -2.95. The van der Waals surface area contributed by atoms with Gasteiger partial charge in [0.1, 0.15) is 6.10 Å². The van der Waals surface area contributed by atoms with Crippen molar-refractivity contribution in [2.75, 3.05) is 16.8 Å². The average Bonchev–Trinajstić information content (AvgIpc) is 3.17. The van der Waals surface area contributed by atoms with E-state index in [1.807, 2.05) is 0 Å². The number of benzene rings is 1. The van der Waals surface area contributed by atoms with Crippen molar-refractivity contribution in [3.8, 4) is 0 Å². The molecular formula is C16H17N2NaO5. The molecule has 8 heteroatoms. The second-order valence-corrected chi connectivity index (χ2v) is 5.69. The number of nitrogens with one attached hydrogen (secondary N) is 1. The van der Waals surface area contributed by atoms with Crippen LogP contribution in [-0.4, -0.2) is 36.5 Å². The van der Waals surface area contributed by atoms with E-state index in [0.717, 1.165) is 12.1 Å². The van der Waals surface area contributed by atoms with Gasteiger partial charge in [-0.05, 0) is 43.5 Å². The minimum absolute atomic E-state index is 0. The molecule has 2 saturated heterocycles. The summed E-state index contributed by atoms with van der Waals surface area (Å²) in [5.41, 5.74) is 1.38. The van der Waals surface area contributed by atoms with E-state index in [-0.39, 0.29) is 47.8 Å². The van der Waals surface area contributed by atoms with Gasteiger partial charge < -0.3 is 24.9 Å². The number of amides is 2. The van der Waals surface area contributed by atoms with Crippen LogP contribution in [0.1, 0.15) is 25.7 Å². The van der Waals surface area contributed by atoms with E-state index in [9.17, 15) is 19.5 Å².